The molecular formula is C11H19N3O. The number of nitrogens with one attached hydrogen (secondary N) is 2. The Morgan fingerprint density at radius 2 is 2.47 bits per heavy atom. The Morgan fingerprint density at radius 1 is 1.53 bits per heavy atom. The van der Waals surface area contributed by atoms with Gasteiger partial charge >= 0.3 is 0 Å². The Morgan fingerprint density at radius 3 is 3.27 bits per heavy atom. The van der Waals surface area contributed by atoms with Crippen molar-refractivity contribution in [1.29, 1.82) is 0 Å². The van der Waals surface area contributed by atoms with E-state index in [1.54, 1.807) is 6.20 Å². The monoisotopic (exact) mass is 209 g/mol. The third-order valence-corrected chi connectivity index (χ3v) is 2.87. The molecule has 2 unspecified atom stereocenters. The number of H-pyrrole nitrogens is 1. The largest absolute Gasteiger partial charge is 0.381 e. The molecule has 1 aromatic heterocycles. The van der Waals surface area contributed by atoms with Crippen LogP contribution in [-0.4, -0.2) is 29.2 Å². The highest BCUT2D eigenvalue weighted by Crippen LogP contribution is 2.13. The highest BCUT2D eigenvalue weighted by Gasteiger charge is 2.16. The van der Waals surface area contributed by atoms with E-state index in [2.05, 4.69) is 22.2 Å². The predicted molar refractivity (Wildman–Crippen MR) is 58.6 cm³/mol. The van der Waals surface area contributed by atoms with Crippen molar-refractivity contribution in [1.82, 2.24) is 15.3 Å². The highest BCUT2D eigenvalue weighted by molar-refractivity contribution is 4.94. The van der Waals surface area contributed by atoms with E-state index in [9.17, 15) is 0 Å². The maximum atomic E-state index is 5.43. The lowest BCUT2D eigenvalue weighted by atomic mass is 10.1. The van der Waals surface area contributed by atoms with Gasteiger partial charge in [-0.05, 0) is 26.2 Å². The van der Waals surface area contributed by atoms with Crippen molar-refractivity contribution in [3.8, 4) is 0 Å². The normalized spacial score (nSPS) is 24.7. The molecule has 2 N–H and O–H groups in total. The van der Waals surface area contributed by atoms with Crippen molar-refractivity contribution in [2.75, 3.05) is 13.2 Å². The Labute approximate surface area is 90.4 Å². The molecule has 1 aliphatic heterocycles. The van der Waals surface area contributed by atoms with Crippen molar-refractivity contribution in [2.45, 2.75) is 38.3 Å². The number of nitrogens with zero attached hydrogens (tertiary/aromatic N) is 1. The lowest BCUT2D eigenvalue weighted by molar-refractivity contribution is 0.142. The minimum absolute atomic E-state index is 0.295. The number of rotatable bonds is 3. The third kappa shape index (κ3) is 3.04. The van der Waals surface area contributed by atoms with Crippen LogP contribution in [0.3, 0.4) is 0 Å². The molecule has 4 nitrogen and oxygen atoms in total. The first kappa shape index (κ1) is 10.6. The molecule has 0 saturated carbocycles. The molecule has 84 valence electrons. The fraction of sp³-hybridized carbons (Fsp3) is 0.727. The first-order chi connectivity index (χ1) is 7.36. The van der Waals surface area contributed by atoms with E-state index in [0.717, 1.165) is 31.9 Å². The van der Waals surface area contributed by atoms with Crippen LogP contribution in [0, 0.1) is 0 Å². The number of aromatic amines is 1. The van der Waals surface area contributed by atoms with Crippen LogP contribution in [0.4, 0.5) is 0 Å². The van der Waals surface area contributed by atoms with E-state index >= 15 is 0 Å². The summed E-state index contributed by atoms with van der Waals surface area (Å²) < 4.78 is 5.43. The van der Waals surface area contributed by atoms with Gasteiger partial charge < -0.3 is 15.0 Å². The van der Waals surface area contributed by atoms with Gasteiger partial charge in [-0.1, -0.05) is 0 Å². The zero-order chi connectivity index (χ0) is 10.5. The van der Waals surface area contributed by atoms with Crippen LogP contribution in [0.1, 0.15) is 38.1 Å². The number of hydrogen-bond donors (Lipinski definition) is 2. The van der Waals surface area contributed by atoms with E-state index in [1.807, 2.05) is 6.20 Å². The second kappa shape index (κ2) is 5.28. The standard InChI is InChI=1S/C11H19N3O/c1-9(11-12-5-6-13-11)14-10-3-2-7-15-8-4-10/h5-6,9-10,14H,2-4,7-8H2,1H3,(H,12,13). The van der Waals surface area contributed by atoms with Crippen LogP contribution in [-0.2, 0) is 4.74 Å². The molecule has 0 amide bonds. The van der Waals surface area contributed by atoms with Crippen molar-refractivity contribution in [2.24, 2.45) is 0 Å². The summed E-state index contributed by atoms with van der Waals surface area (Å²) in [6, 6.07) is 0.857. The van der Waals surface area contributed by atoms with E-state index in [0.29, 0.717) is 12.1 Å². The van der Waals surface area contributed by atoms with Crippen LogP contribution in [0.2, 0.25) is 0 Å². The lowest BCUT2D eigenvalue weighted by Gasteiger charge is -2.20. The van der Waals surface area contributed by atoms with E-state index in [-0.39, 0.29) is 0 Å². The zero-order valence-corrected chi connectivity index (χ0v) is 9.20. The molecule has 0 aliphatic carbocycles. The summed E-state index contributed by atoms with van der Waals surface area (Å²) in [6.45, 7) is 3.93. The third-order valence-electron chi connectivity index (χ3n) is 2.87. The Kier molecular flexibility index (Phi) is 3.75. The topological polar surface area (TPSA) is 49.9 Å². The summed E-state index contributed by atoms with van der Waals surface area (Å²) in [5, 5.41) is 3.59. The van der Waals surface area contributed by atoms with Crippen molar-refractivity contribution < 1.29 is 4.74 Å². The summed E-state index contributed by atoms with van der Waals surface area (Å²) in [5.41, 5.74) is 0. The number of imidazole rings is 1. The Hall–Kier alpha value is -0.870. The fourth-order valence-electron chi connectivity index (χ4n) is 2.02. The molecule has 2 atom stereocenters. The van der Waals surface area contributed by atoms with Crippen molar-refractivity contribution in [3.05, 3.63) is 18.2 Å². The summed E-state index contributed by atoms with van der Waals surface area (Å²) in [4.78, 5) is 7.39. The summed E-state index contributed by atoms with van der Waals surface area (Å²) >= 11 is 0. The van der Waals surface area contributed by atoms with Crippen LogP contribution >= 0.6 is 0 Å². The molecule has 1 saturated heterocycles. The molecule has 0 aromatic carbocycles. The molecule has 0 spiro atoms. The first-order valence-electron chi connectivity index (χ1n) is 5.69. The van der Waals surface area contributed by atoms with Gasteiger partial charge in [-0.15, -0.1) is 0 Å². The maximum Gasteiger partial charge on any atom is 0.122 e. The molecule has 4 heteroatoms. The van der Waals surface area contributed by atoms with Gasteiger partial charge in [-0.25, -0.2) is 4.98 Å². The molecule has 1 fully saturated rings. The van der Waals surface area contributed by atoms with E-state index < -0.39 is 0 Å². The molecule has 1 aromatic rings. The summed E-state index contributed by atoms with van der Waals surface area (Å²) in [6.07, 6.45) is 7.12. The number of hydrogen-bond acceptors (Lipinski definition) is 3. The van der Waals surface area contributed by atoms with Crippen molar-refractivity contribution >= 4 is 0 Å². The quantitative estimate of drug-likeness (QED) is 0.795. The summed E-state index contributed by atoms with van der Waals surface area (Å²) in [5.74, 6) is 1.01. The average Bonchev–Trinajstić information content (AvgIpc) is 2.65. The minimum Gasteiger partial charge on any atom is -0.381 e. The van der Waals surface area contributed by atoms with E-state index in [4.69, 9.17) is 4.74 Å². The van der Waals surface area contributed by atoms with E-state index in [1.165, 1.54) is 6.42 Å². The predicted octanol–water partition coefficient (Wildman–Crippen LogP) is 1.63. The van der Waals surface area contributed by atoms with Gasteiger partial charge in [0.1, 0.15) is 5.82 Å². The van der Waals surface area contributed by atoms with Crippen LogP contribution < -0.4 is 5.32 Å². The minimum atomic E-state index is 0.295. The second-order valence-electron chi connectivity index (χ2n) is 4.10. The maximum absolute atomic E-state index is 5.43. The molecule has 1 aliphatic rings. The molecule has 2 heterocycles. The van der Waals surface area contributed by atoms with Gasteiger partial charge in [0.05, 0.1) is 6.04 Å². The lowest BCUT2D eigenvalue weighted by Crippen LogP contribution is -2.32. The van der Waals surface area contributed by atoms with Gasteiger partial charge in [0.25, 0.3) is 0 Å². The van der Waals surface area contributed by atoms with Crippen LogP contribution in [0.25, 0.3) is 0 Å². The SMILES string of the molecule is CC(NC1CCCOCC1)c1ncc[nH]1. The number of ether oxygens (including phenoxy) is 1. The van der Waals surface area contributed by atoms with Crippen LogP contribution in [0.15, 0.2) is 12.4 Å². The summed E-state index contributed by atoms with van der Waals surface area (Å²) in [7, 11) is 0. The van der Waals surface area contributed by atoms with Gasteiger partial charge in [0.15, 0.2) is 0 Å². The zero-order valence-electron chi connectivity index (χ0n) is 9.20. The fourth-order valence-corrected chi connectivity index (χ4v) is 2.02. The first-order valence-corrected chi connectivity index (χ1v) is 5.69. The molecule has 15 heavy (non-hydrogen) atoms. The second-order valence-corrected chi connectivity index (χ2v) is 4.10. The molecule has 2 rings (SSSR count). The van der Waals surface area contributed by atoms with Crippen molar-refractivity contribution in [3.63, 3.8) is 0 Å². The average molecular weight is 209 g/mol. The Balaban J connectivity index is 1.84. The van der Waals surface area contributed by atoms with Crippen LogP contribution in [0.5, 0.6) is 0 Å². The Bertz CT molecular complexity index is 265. The molecule has 0 bridgehead atoms. The highest BCUT2D eigenvalue weighted by atomic mass is 16.5. The van der Waals surface area contributed by atoms with Gasteiger partial charge in [0.2, 0.25) is 0 Å². The number of aromatic nitrogens is 2. The van der Waals surface area contributed by atoms with Gasteiger partial charge in [-0.3, -0.25) is 0 Å². The molecule has 0 radical (unpaired) electrons. The molecular weight excluding hydrogens is 190 g/mol. The smallest absolute Gasteiger partial charge is 0.122 e. The van der Waals surface area contributed by atoms with Gasteiger partial charge in [0, 0.05) is 31.6 Å². The van der Waals surface area contributed by atoms with Gasteiger partial charge in [-0.2, -0.15) is 0 Å².